The number of rotatable bonds is 15. The Morgan fingerprint density at radius 3 is 2.25 bits per heavy atom. The highest BCUT2D eigenvalue weighted by atomic mass is 16.6. The van der Waals surface area contributed by atoms with E-state index in [2.05, 4.69) is 5.32 Å². The van der Waals surface area contributed by atoms with Crippen molar-refractivity contribution < 1.29 is 39.3 Å². The van der Waals surface area contributed by atoms with E-state index in [4.69, 9.17) is 19.9 Å². The lowest BCUT2D eigenvalue weighted by atomic mass is 9.66. The molecular weight excluding hydrogens is 512 g/mol. The molecule has 3 rings (SSSR count). The number of carbonyl (C=O) groups is 2. The van der Waals surface area contributed by atoms with E-state index in [1.54, 1.807) is 0 Å². The summed E-state index contributed by atoms with van der Waals surface area (Å²) in [4.78, 5) is 23.9. The minimum Gasteiger partial charge on any atom is -0.462 e. The first-order chi connectivity index (χ1) is 19.2. The highest BCUT2D eigenvalue weighted by molar-refractivity contribution is 5.66. The van der Waals surface area contributed by atoms with E-state index < -0.39 is 6.10 Å². The van der Waals surface area contributed by atoms with Crippen LogP contribution in [-0.2, 0) is 23.8 Å². The van der Waals surface area contributed by atoms with Gasteiger partial charge in [-0.3, -0.25) is 15.3 Å². The lowest BCUT2D eigenvalue weighted by molar-refractivity contribution is -0.699. The van der Waals surface area contributed by atoms with Crippen molar-refractivity contribution in [2.24, 2.45) is 29.4 Å². The van der Waals surface area contributed by atoms with Gasteiger partial charge in [0.05, 0.1) is 24.9 Å². The molecule has 0 aromatic rings. The van der Waals surface area contributed by atoms with Crippen LogP contribution in [0.2, 0.25) is 0 Å². The Balaban J connectivity index is 1.69. The van der Waals surface area contributed by atoms with Gasteiger partial charge >= 0.3 is 11.9 Å². The SMILES string of the molecule is CCC(CO)CCC(CC(CCC1CC(OC2CCCC2)C(O)CC1C1CC[NH2+]C(N)C1)OC(C)=O)OC(C)=O. The van der Waals surface area contributed by atoms with Crippen LogP contribution in [0.15, 0.2) is 0 Å². The normalized spacial score (nSPS) is 31.9. The van der Waals surface area contributed by atoms with E-state index in [-0.39, 0.29) is 55.0 Å². The first-order valence-corrected chi connectivity index (χ1v) is 16.1. The lowest BCUT2D eigenvalue weighted by Crippen LogP contribution is -2.94. The van der Waals surface area contributed by atoms with E-state index in [0.717, 1.165) is 64.3 Å². The minimum atomic E-state index is -0.459. The molecular formula is C31H57N2O7+. The molecule has 3 fully saturated rings. The number of carbonyl (C=O) groups excluding carboxylic acids is 2. The van der Waals surface area contributed by atoms with E-state index in [9.17, 15) is 19.8 Å². The second-order valence-electron chi connectivity index (χ2n) is 12.8. The van der Waals surface area contributed by atoms with Crippen molar-refractivity contribution in [3.63, 3.8) is 0 Å². The summed E-state index contributed by atoms with van der Waals surface area (Å²) in [7, 11) is 0. The Bertz CT molecular complexity index is 758. The minimum absolute atomic E-state index is 0.105. The standard InChI is InChI=1S/C31H56N2O7/c1-4-22(19-34)9-11-26(38-20(2)35)17-27(39-21(3)36)12-10-23-15-30(40-25-7-5-6-8-25)29(37)18-28(23)24-13-14-33-31(32)16-24/h22-31,33-34,37H,4-19,32H2,1-3H3/p+1. The van der Waals surface area contributed by atoms with Gasteiger partial charge in [0.25, 0.3) is 0 Å². The molecule has 0 amide bonds. The van der Waals surface area contributed by atoms with Crippen LogP contribution in [-0.4, -0.2) is 72.0 Å². The number of nitrogens with two attached hydrogens (primary N) is 2. The van der Waals surface area contributed by atoms with Gasteiger partial charge in [0.2, 0.25) is 0 Å². The molecule has 2 aliphatic carbocycles. The smallest absolute Gasteiger partial charge is 0.302 e. The molecule has 0 radical (unpaired) electrons. The van der Waals surface area contributed by atoms with E-state index >= 15 is 0 Å². The van der Waals surface area contributed by atoms with Gasteiger partial charge in [0.1, 0.15) is 18.4 Å². The third-order valence-corrected chi connectivity index (χ3v) is 9.72. The summed E-state index contributed by atoms with van der Waals surface area (Å²) < 4.78 is 17.9. The first kappa shape index (κ1) is 33.2. The lowest BCUT2D eigenvalue weighted by Gasteiger charge is -2.45. The molecule has 9 unspecified atom stereocenters. The summed E-state index contributed by atoms with van der Waals surface area (Å²) in [6, 6.07) is 0. The van der Waals surface area contributed by atoms with Crippen LogP contribution < -0.4 is 11.1 Å². The average molecular weight is 570 g/mol. The zero-order chi connectivity index (χ0) is 29.1. The van der Waals surface area contributed by atoms with Crippen LogP contribution in [0.1, 0.15) is 111 Å². The number of esters is 2. The third kappa shape index (κ3) is 10.9. The Morgan fingerprint density at radius 1 is 0.975 bits per heavy atom. The number of hydrogen-bond acceptors (Lipinski definition) is 8. The molecule has 1 saturated heterocycles. The molecule has 2 saturated carbocycles. The zero-order valence-corrected chi connectivity index (χ0v) is 25.2. The molecule has 9 atom stereocenters. The number of hydrogen-bond donors (Lipinski definition) is 4. The summed E-state index contributed by atoms with van der Waals surface area (Å²) in [6.07, 6.45) is 11.4. The molecule has 40 heavy (non-hydrogen) atoms. The number of aliphatic hydroxyl groups is 2. The number of aliphatic hydroxyl groups excluding tert-OH is 2. The largest absolute Gasteiger partial charge is 0.462 e. The van der Waals surface area contributed by atoms with Crippen molar-refractivity contribution in [2.45, 2.75) is 147 Å². The van der Waals surface area contributed by atoms with E-state index in [1.165, 1.54) is 26.7 Å². The van der Waals surface area contributed by atoms with E-state index in [0.29, 0.717) is 37.0 Å². The molecule has 1 aliphatic heterocycles. The van der Waals surface area contributed by atoms with Gasteiger partial charge in [-0.2, -0.15) is 0 Å². The van der Waals surface area contributed by atoms with Gasteiger partial charge in [0.15, 0.2) is 0 Å². The summed E-state index contributed by atoms with van der Waals surface area (Å²) in [5.41, 5.74) is 6.33. The van der Waals surface area contributed by atoms with Gasteiger partial charge < -0.3 is 29.7 Å². The van der Waals surface area contributed by atoms with Gasteiger partial charge in [-0.1, -0.05) is 26.2 Å². The Morgan fingerprint density at radius 2 is 1.65 bits per heavy atom. The molecule has 9 heteroatoms. The molecule has 0 spiro atoms. The fourth-order valence-corrected chi connectivity index (χ4v) is 7.52. The molecule has 9 nitrogen and oxygen atoms in total. The Hall–Kier alpha value is -1.26. The Labute approximate surface area is 241 Å². The molecule has 0 aromatic heterocycles. The molecule has 0 bridgehead atoms. The summed E-state index contributed by atoms with van der Waals surface area (Å²) in [6.45, 7) is 6.00. The zero-order valence-electron chi connectivity index (χ0n) is 25.2. The van der Waals surface area contributed by atoms with Crippen molar-refractivity contribution in [2.75, 3.05) is 13.2 Å². The van der Waals surface area contributed by atoms with Crippen LogP contribution in [0.25, 0.3) is 0 Å². The fraction of sp³-hybridized carbons (Fsp3) is 0.935. The van der Waals surface area contributed by atoms with Crippen molar-refractivity contribution >= 4 is 11.9 Å². The summed E-state index contributed by atoms with van der Waals surface area (Å²) in [5.74, 6) is 0.653. The predicted octanol–water partition coefficient (Wildman–Crippen LogP) is 2.79. The summed E-state index contributed by atoms with van der Waals surface area (Å²) in [5, 5.41) is 23.0. The van der Waals surface area contributed by atoms with Crippen LogP contribution in [0.3, 0.4) is 0 Å². The van der Waals surface area contributed by atoms with Gasteiger partial charge in [-0.05, 0) is 81.5 Å². The van der Waals surface area contributed by atoms with Crippen LogP contribution in [0.4, 0.5) is 0 Å². The maximum atomic E-state index is 12.1. The van der Waals surface area contributed by atoms with Crippen molar-refractivity contribution in [1.29, 1.82) is 0 Å². The monoisotopic (exact) mass is 569 g/mol. The highest BCUT2D eigenvalue weighted by Crippen LogP contribution is 2.43. The topological polar surface area (TPSA) is 145 Å². The van der Waals surface area contributed by atoms with Crippen molar-refractivity contribution in [1.82, 2.24) is 0 Å². The maximum Gasteiger partial charge on any atom is 0.302 e. The first-order valence-electron chi connectivity index (χ1n) is 16.1. The maximum absolute atomic E-state index is 12.1. The highest BCUT2D eigenvalue weighted by Gasteiger charge is 2.43. The van der Waals surface area contributed by atoms with Crippen LogP contribution in [0, 0.1) is 23.7 Å². The van der Waals surface area contributed by atoms with E-state index in [1.807, 2.05) is 6.92 Å². The van der Waals surface area contributed by atoms with Crippen LogP contribution >= 0.6 is 0 Å². The third-order valence-electron chi connectivity index (χ3n) is 9.72. The number of quaternary nitrogens is 1. The van der Waals surface area contributed by atoms with Gasteiger partial charge in [-0.15, -0.1) is 0 Å². The Kier molecular flexibility index (Phi) is 14.1. The summed E-state index contributed by atoms with van der Waals surface area (Å²) >= 11 is 0. The molecule has 232 valence electrons. The average Bonchev–Trinajstić information content (AvgIpc) is 3.41. The molecule has 3 aliphatic rings. The van der Waals surface area contributed by atoms with Gasteiger partial charge in [-0.25, -0.2) is 0 Å². The fourth-order valence-electron chi connectivity index (χ4n) is 7.52. The van der Waals surface area contributed by atoms with Crippen LogP contribution in [0.5, 0.6) is 0 Å². The molecule has 1 heterocycles. The number of piperidine rings is 1. The van der Waals surface area contributed by atoms with Crippen molar-refractivity contribution in [3.8, 4) is 0 Å². The van der Waals surface area contributed by atoms with Gasteiger partial charge in [0, 0.05) is 33.3 Å². The number of ether oxygens (including phenoxy) is 3. The second-order valence-corrected chi connectivity index (χ2v) is 12.8. The molecule has 0 aromatic carbocycles. The van der Waals surface area contributed by atoms with Crippen molar-refractivity contribution in [3.05, 3.63) is 0 Å². The molecule has 6 N–H and O–H groups in total. The predicted molar refractivity (Wildman–Crippen MR) is 152 cm³/mol. The quantitative estimate of drug-likeness (QED) is 0.220. The second kappa shape index (κ2) is 17.0.